The average molecular weight is 674 g/mol. The number of aliphatic hydroxyl groups is 1. The summed E-state index contributed by atoms with van der Waals surface area (Å²) >= 11 is 3.77. The molecule has 44 heavy (non-hydrogen) atoms. The van der Waals surface area contributed by atoms with Crippen LogP contribution >= 0.6 is 15.9 Å². The van der Waals surface area contributed by atoms with Crippen molar-refractivity contribution in [3.05, 3.63) is 61.2 Å². The quantitative estimate of drug-likeness (QED) is 0.239. The van der Waals surface area contributed by atoms with Gasteiger partial charge in [-0.3, -0.25) is 19.3 Å². The Morgan fingerprint density at radius 1 is 1.14 bits per heavy atom. The summed E-state index contributed by atoms with van der Waals surface area (Å²) in [6.45, 7) is 14.4. The van der Waals surface area contributed by atoms with Gasteiger partial charge in [-0.05, 0) is 18.4 Å². The fraction of sp³-hybridized carbons (Fsp3) is 0.606. The maximum atomic E-state index is 14.6. The molecule has 4 fully saturated rings. The highest BCUT2D eigenvalue weighted by atomic mass is 79.9. The molecule has 10 nitrogen and oxygen atoms in total. The number of likely N-dealkylation sites (tertiary alicyclic amines) is 1. The summed E-state index contributed by atoms with van der Waals surface area (Å²) in [6, 6.07) is 8.16. The van der Waals surface area contributed by atoms with Crippen LogP contribution in [0.25, 0.3) is 0 Å². The van der Waals surface area contributed by atoms with E-state index >= 15 is 0 Å². The number of hydrogen-bond acceptors (Lipinski definition) is 7. The van der Waals surface area contributed by atoms with E-state index < -0.39 is 35.6 Å². The van der Waals surface area contributed by atoms with E-state index in [9.17, 15) is 19.5 Å². The Bertz CT molecular complexity index is 1210. The van der Waals surface area contributed by atoms with E-state index in [0.717, 1.165) is 18.7 Å². The Kier molecular flexibility index (Phi) is 10.6. The molecule has 0 radical (unpaired) electrons. The van der Waals surface area contributed by atoms with Gasteiger partial charge in [0.15, 0.2) is 0 Å². The Morgan fingerprint density at radius 3 is 2.45 bits per heavy atom. The van der Waals surface area contributed by atoms with Gasteiger partial charge in [0.25, 0.3) is 0 Å². The lowest BCUT2D eigenvalue weighted by atomic mass is 9.70. The lowest BCUT2D eigenvalue weighted by Crippen LogP contribution is -2.59. The van der Waals surface area contributed by atoms with E-state index in [4.69, 9.17) is 9.47 Å². The molecule has 1 aromatic rings. The molecule has 3 amide bonds. The SMILES string of the molecule is C=CCN(CCN1CCOCC1)C(=O)C1N([C@@H](CC)CO)C(=O)[C@@H]2[C@@H](C(=O)N(CC=C)Cc3ccccc3)[C@@H]3OC12CC3Br. The van der Waals surface area contributed by atoms with Crippen molar-refractivity contribution in [2.75, 3.05) is 59.1 Å². The smallest absolute Gasteiger partial charge is 0.248 e. The van der Waals surface area contributed by atoms with Crippen LogP contribution in [0.5, 0.6) is 0 Å². The highest BCUT2D eigenvalue weighted by molar-refractivity contribution is 9.09. The minimum atomic E-state index is -1.19. The zero-order valence-electron chi connectivity index (χ0n) is 25.6. The Labute approximate surface area is 268 Å². The largest absolute Gasteiger partial charge is 0.394 e. The number of aliphatic hydroxyl groups excluding tert-OH is 1. The number of rotatable bonds is 14. The highest BCUT2D eigenvalue weighted by Crippen LogP contribution is 2.61. The van der Waals surface area contributed by atoms with Crippen molar-refractivity contribution in [2.45, 2.75) is 54.9 Å². The molecular weight excluding hydrogens is 628 g/mol. The van der Waals surface area contributed by atoms with Crippen LogP contribution in [-0.2, 0) is 30.4 Å². The van der Waals surface area contributed by atoms with Gasteiger partial charge >= 0.3 is 0 Å². The van der Waals surface area contributed by atoms with Crippen molar-refractivity contribution >= 4 is 33.7 Å². The van der Waals surface area contributed by atoms with Crippen molar-refractivity contribution in [1.82, 2.24) is 19.6 Å². The number of carbonyl (C=O) groups is 3. The molecule has 1 aromatic carbocycles. The minimum absolute atomic E-state index is 0.191. The molecule has 4 heterocycles. The van der Waals surface area contributed by atoms with Crippen LogP contribution in [0.2, 0.25) is 0 Å². The third kappa shape index (κ3) is 6.01. The first-order valence-electron chi connectivity index (χ1n) is 15.7. The fourth-order valence-corrected chi connectivity index (χ4v) is 8.49. The zero-order valence-corrected chi connectivity index (χ0v) is 27.1. The summed E-state index contributed by atoms with van der Waals surface area (Å²) in [4.78, 5) is 50.6. The standard InChI is InChI=1S/C33H45BrN4O6/c1-4-12-36(15-14-35-16-18-43-19-17-35)32(42)29-33-20-25(34)28(44-33)26(27(33)31(41)38(29)24(6-3)22-39)30(40)37(13-5-2)21-23-10-8-7-9-11-23/h4-5,7-11,24-29,39H,1-2,6,12-22H2,3H3/t24-,25?,26+,27-,28+,29?,33?/m0/s1. The van der Waals surface area contributed by atoms with E-state index in [-0.39, 0.29) is 29.2 Å². The lowest BCUT2D eigenvalue weighted by Gasteiger charge is -2.40. The van der Waals surface area contributed by atoms with Crippen LogP contribution in [0.4, 0.5) is 0 Å². The predicted octanol–water partition coefficient (Wildman–Crippen LogP) is 2.07. The van der Waals surface area contributed by atoms with Crippen LogP contribution in [0.15, 0.2) is 55.6 Å². The molecule has 1 N–H and O–H groups in total. The van der Waals surface area contributed by atoms with Crippen molar-refractivity contribution in [1.29, 1.82) is 0 Å². The molecule has 3 unspecified atom stereocenters. The first kappa shape index (κ1) is 32.8. The third-order valence-corrected chi connectivity index (χ3v) is 10.5. The summed E-state index contributed by atoms with van der Waals surface area (Å²) in [5, 5.41) is 10.4. The fourth-order valence-electron chi connectivity index (χ4n) is 7.55. The zero-order chi connectivity index (χ0) is 31.4. The van der Waals surface area contributed by atoms with E-state index in [1.807, 2.05) is 37.3 Å². The molecule has 0 saturated carbocycles. The first-order chi connectivity index (χ1) is 21.3. The van der Waals surface area contributed by atoms with E-state index in [1.165, 1.54) is 0 Å². The van der Waals surface area contributed by atoms with E-state index in [1.54, 1.807) is 26.9 Å². The molecule has 7 atom stereocenters. The lowest BCUT2D eigenvalue weighted by molar-refractivity contribution is -0.152. The molecule has 1 spiro atoms. The van der Waals surface area contributed by atoms with E-state index in [2.05, 4.69) is 34.0 Å². The Morgan fingerprint density at radius 2 is 1.82 bits per heavy atom. The number of carbonyl (C=O) groups excluding carboxylic acids is 3. The number of fused-ring (bicyclic) bond motifs is 1. The number of morpholine rings is 1. The van der Waals surface area contributed by atoms with Gasteiger partial charge in [0.2, 0.25) is 17.7 Å². The summed E-state index contributed by atoms with van der Waals surface area (Å²) in [5.74, 6) is -2.34. The van der Waals surface area contributed by atoms with Gasteiger partial charge in [-0.1, -0.05) is 65.3 Å². The molecule has 4 saturated heterocycles. The van der Waals surface area contributed by atoms with Crippen LogP contribution in [0.1, 0.15) is 25.3 Å². The average Bonchev–Trinajstić information content (AvgIpc) is 3.63. The molecule has 11 heteroatoms. The number of benzene rings is 1. The summed E-state index contributed by atoms with van der Waals surface area (Å²) in [7, 11) is 0. The third-order valence-electron chi connectivity index (χ3n) is 9.65. The Hall–Kier alpha value is -2.57. The number of amides is 3. The molecule has 0 aliphatic carbocycles. The molecule has 240 valence electrons. The van der Waals surface area contributed by atoms with Gasteiger partial charge in [0, 0.05) is 50.6 Å². The van der Waals surface area contributed by atoms with Crippen molar-refractivity contribution in [3.8, 4) is 0 Å². The minimum Gasteiger partial charge on any atom is -0.394 e. The van der Waals surface area contributed by atoms with Crippen LogP contribution in [0.3, 0.4) is 0 Å². The van der Waals surface area contributed by atoms with Gasteiger partial charge in [0.1, 0.15) is 11.6 Å². The Balaban J connectivity index is 1.49. The van der Waals surface area contributed by atoms with Gasteiger partial charge in [-0.25, -0.2) is 0 Å². The monoisotopic (exact) mass is 672 g/mol. The normalized spacial score (nSPS) is 30.2. The molecule has 0 aromatic heterocycles. The second kappa shape index (κ2) is 14.2. The number of halogens is 1. The van der Waals surface area contributed by atoms with Gasteiger partial charge in [-0.15, -0.1) is 13.2 Å². The number of hydrogen-bond donors (Lipinski definition) is 1. The molecule has 2 bridgehead atoms. The van der Waals surface area contributed by atoms with Gasteiger partial charge in [-0.2, -0.15) is 0 Å². The molecule has 4 aliphatic rings. The second-order valence-electron chi connectivity index (χ2n) is 12.2. The van der Waals surface area contributed by atoms with Gasteiger partial charge in [0.05, 0.1) is 43.8 Å². The number of nitrogens with zero attached hydrogens (tertiary/aromatic N) is 4. The topological polar surface area (TPSA) is 103 Å². The van der Waals surface area contributed by atoms with Gasteiger partial charge < -0.3 is 29.3 Å². The predicted molar refractivity (Wildman–Crippen MR) is 170 cm³/mol. The maximum Gasteiger partial charge on any atom is 0.248 e. The maximum absolute atomic E-state index is 14.6. The summed E-state index contributed by atoms with van der Waals surface area (Å²) in [5.41, 5.74) is -0.225. The summed E-state index contributed by atoms with van der Waals surface area (Å²) in [6.07, 6.45) is 3.69. The van der Waals surface area contributed by atoms with Crippen LogP contribution in [0, 0.1) is 11.8 Å². The van der Waals surface area contributed by atoms with Crippen LogP contribution in [-0.4, -0.2) is 130 Å². The van der Waals surface area contributed by atoms with Crippen molar-refractivity contribution in [3.63, 3.8) is 0 Å². The summed E-state index contributed by atoms with van der Waals surface area (Å²) < 4.78 is 12.2. The van der Waals surface area contributed by atoms with E-state index in [0.29, 0.717) is 58.8 Å². The second-order valence-corrected chi connectivity index (χ2v) is 13.3. The van der Waals surface area contributed by atoms with Crippen molar-refractivity contribution < 1.29 is 29.0 Å². The van der Waals surface area contributed by atoms with Crippen LogP contribution < -0.4 is 0 Å². The molecule has 5 rings (SSSR count). The van der Waals surface area contributed by atoms with Crippen molar-refractivity contribution in [2.24, 2.45) is 11.8 Å². The number of ether oxygens (including phenoxy) is 2. The molecular formula is C33H45BrN4O6. The number of alkyl halides is 1. The highest BCUT2D eigenvalue weighted by Gasteiger charge is 2.77. The molecule has 4 aliphatic heterocycles. The first-order valence-corrected chi connectivity index (χ1v) is 16.6.